The Morgan fingerprint density at radius 1 is 1.23 bits per heavy atom. The molecule has 1 amide bonds. The van der Waals surface area contributed by atoms with Gasteiger partial charge in [0, 0.05) is 42.3 Å². The highest BCUT2D eigenvalue weighted by atomic mass is 19.4. The number of nitrogens with zero attached hydrogens (tertiary/aromatic N) is 4. The van der Waals surface area contributed by atoms with E-state index in [1.165, 1.54) is 12.3 Å². The SMILES string of the molecule is C=C(c1nc(/C=C/CNC(=O)c2cnn(C(C)(C)C)c2)cc2c(N[C@@H]3CCN(C)C[C@@H]3F)cccc12)C(F)(F)F. The number of amides is 1. The lowest BCUT2D eigenvalue weighted by atomic mass is 9.99. The van der Waals surface area contributed by atoms with E-state index < -0.39 is 24.0 Å². The molecule has 1 saturated heterocycles. The predicted molar refractivity (Wildman–Crippen MR) is 150 cm³/mol. The number of rotatable bonds is 7. The molecule has 0 bridgehead atoms. The van der Waals surface area contributed by atoms with Crippen LogP contribution < -0.4 is 10.6 Å². The fraction of sp³-hybridized carbons (Fsp3) is 0.414. The molecular formula is C29H34F4N6O. The summed E-state index contributed by atoms with van der Waals surface area (Å²) in [6.45, 7) is 10.3. The predicted octanol–water partition coefficient (Wildman–Crippen LogP) is 5.66. The first-order valence-corrected chi connectivity index (χ1v) is 13.0. The maximum Gasteiger partial charge on any atom is 0.417 e. The number of benzene rings is 1. The maximum atomic E-state index is 14.7. The molecule has 11 heteroatoms. The van der Waals surface area contributed by atoms with E-state index in [0.717, 1.165) is 0 Å². The number of fused-ring (bicyclic) bond motifs is 1. The molecule has 40 heavy (non-hydrogen) atoms. The van der Waals surface area contributed by atoms with Gasteiger partial charge < -0.3 is 15.5 Å². The van der Waals surface area contributed by atoms with Gasteiger partial charge in [-0.1, -0.05) is 24.8 Å². The molecule has 0 saturated carbocycles. The molecule has 0 radical (unpaired) electrons. The summed E-state index contributed by atoms with van der Waals surface area (Å²) >= 11 is 0. The monoisotopic (exact) mass is 558 g/mol. The number of pyridine rings is 1. The fourth-order valence-corrected chi connectivity index (χ4v) is 4.53. The lowest BCUT2D eigenvalue weighted by Gasteiger charge is -2.33. The Morgan fingerprint density at radius 3 is 2.62 bits per heavy atom. The van der Waals surface area contributed by atoms with Gasteiger partial charge in [0.1, 0.15) is 6.17 Å². The highest BCUT2D eigenvalue weighted by Gasteiger charge is 2.35. The molecule has 1 fully saturated rings. The number of hydrogen-bond acceptors (Lipinski definition) is 5. The Bertz CT molecular complexity index is 1420. The number of allylic oxidation sites excluding steroid dienone is 1. The van der Waals surface area contributed by atoms with Gasteiger partial charge in [0.2, 0.25) is 0 Å². The lowest BCUT2D eigenvalue weighted by molar-refractivity contribution is -0.0688. The lowest BCUT2D eigenvalue weighted by Crippen LogP contribution is -2.46. The highest BCUT2D eigenvalue weighted by molar-refractivity contribution is 6.01. The van der Waals surface area contributed by atoms with Crippen molar-refractivity contribution in [2.75, 3.05) is 32.0 Å². The number of aromatic nitrogens is 3. The molecule has 1 aromatic carbocycles. The zero-order valence-corrected chi connectivity index (χ0v) is 23.0. The number of piperidine rings is 1. The molecule has 4 rings (SSSR count). The van der Waals surface area contributed by atoms with Gasteiger partial charge in [0.15, 0.2) is 0 Å². The summed E-state index contributed by atoms with van der Waals surface area (Å²) in [5, 5.41) is 10.9. The number of likely N-dealkylation sites (tertiary alicyclic amines) is 1. The summed E-state index contributed by atoms with van der Waals surface area (Å²) in [5.74, 6) is -0.330. The van der Waals surface area contributed by atoms with E-state index in [2.05, 4.69) is 27.3 Å². The van der Waals surface area contributed by atoms with Crippen molar-refractivity contribution in [3.63, 3.8) is 0 Å². The van der Waals surface area contributed by atoms with Crippen molar-refractivity contribution >= 4 is 34.0 Å². The number of anilines is 1. The molecule has 3 heterocycles. The van der Waals surface area contributed by atoms with Crippen LogP contribution in [0.15, 0.2) is 49.3 Å². The summed E-state index contributed by atoms with van der Waals surface area (Å²) in [7, 11) is 1.85. The van der Waals surface area contributed by atoms with Gasteiger partial charge in [-0.25, -0.2) is 9.37 Å². The third-order valence-corrected chi connectivity index (χ3v) is 6.81. The quantitative estimate of drug-likeness (QED) is 0.366. The van der Waals surface area contributed by atoms with E-state index in [1.54, 1.807) is 41.2 Å². The van der Waals surface area contributed by atoms with Crippen LogP contribution in [0.2, 0.25) is 0 Å². The number of nitrogens with one attached hydrogen (secondary N) is 2. The molecule has 3 aromatic rings. The van der Waals surface area contributed by atoms with E-state index in [1.807, 2.05) is 32.7 Å². The third kappa shape index (κ3) is 6.70. The normalized spacial score (nSPS) is 18.8. The topological polar surface area (TPSA) is 75.1 Å². The molecule has 2 aromatic heterocycles. The average molecular weight is 559 g/mol. The molecular weight excluding hydrogens is 524 g/mol. The number of carbonyl (C=O) groups is 1. The van der Waals surface area contributed by atoms with E-state index in [0.29, 0.717) is 29.6 Å². The molecule has 214 valence electrons. The van der Waals surface area contributed by atoms with Gasteiger partial charge in [-0.3, -0.25) is 9.48 Å². The van der Waals surface area contributed by atoms with Crippen LogP contribution in [-0.2, 0) is 5.54 Å². The minimum Gasteiger partial charge on any atom is -0.379 e. The van der Waals surface area contributed by atoms with Crippen molar-refractivity contribution in [3.8, 4) is 0 Å². The van der Waals surface area contributed by atoms with Crippen LogP contribution in [-0.4, -0.2) is 70.6 Å². The second-order valence-electron chi connectivity index (χ2n) is 11.0. The summed E-state index contributed by atoms with van der Waals surface area (Å²) in [5.41, 5.74) is -0.482. The largest absolute Gasteiger partial charge is 0.417 e. The number of alkyl halides is 4. The van der Waals surface area contributed by atoms with Crippen molar-refractivity contribution in [2.24, 2.45) is 0 Å². The van der Waals surface area contributed by atoms with Crippen molar-refractivity contribution in [3.05, 3.63) is 66.3 Å². The van der Waals surface area contributed by atoms with Gasteiger partial charge in [-0.2, -0.15) is 18.3 Å². The Labute approximate surface area is 230 Å². The third-order valence-electron chi connectivity index (χ3n) is 6.81. The fourth-order valence-electron chi connectivity index (χ4n) is 4.53. The summed E-state index contributed by atoms with van der Waals surface area (Å²) in [6.07, 6.45) is 1.02. The first kappa shape index (κ1) is 29.3. The van der Waals surface area contributed by atoms with Crippen LogP contribution in [0, 0.1) is 0 Å². The van der Waals surface area contributed by atoms with E-state index in [4.69, 9.17) is 0 Å². The highest BCUT2D eigenvalue weighted by Crippen LogP contribution is 2.37. The summed E-state index contributed by atoms with van der Waals surface area (Å²) in [4.78, 5) is 18.7. The maximum absolute atomic E-state index is 14.7. The Balaban J connectivity index is 1.59. The molecule has 0 spiro atoms. The van der Waals surface area contributed by atoms with Gasteiger partial charge >= 0.3 is 6.18 Å². The second-order valence-corrected chi connectivity index (χ2v) is 11.0. The van der Waals surface area contributed by atoms with Crippen molar-refractivity contribution < 1.29 is 22.4 Å². The number of halogens is 4. The van der Waals surface area contributed by atoms with Crippen LogP contribution in [0.3, 0.4) is 0 Å². The van der Waals surface area contributed by atoms with Crippen LogP contribution in [0.5, 0.6) is 0 Å². The minimum atomic E-state index is -4.69. The Hall–Kier alpha value is -3.73. The Kier molecular flexibility index (Phi) is 8.34. The molecule has 2 atom stereocenters. The van der Waals surface area contributed by atoms with Crippen LogP contribution >= 0.6 is 0 Å². The zero-order chi connectivity index (χ0) is 29.2. The van der Waals surface area contributed by atoms with Gasteiger partial charge in [-0.05, 0) is 52.4 Å². The first-order valence-electron chi connectivity index (χ1n) is 13.0. The second kappa shape index (κ2) is 11.4. The van der Waals surface area contributed by atoms with Crippen LogP contribution in [0.25, 0.3) is 22.4 Å². The first-order chi connectivity index (χ1) is 18.7. The Morgan fingerprint density at radius 2 is 1.98 bits per heavy atom. The van der Waals surface area contributed by atoms with Crippen molar-refractivity contribution in [2.45, 2.75) is 51.1 Å². The van der Waals surface area contributed by atoms with Crippen molar-refractivity contribution in [1.29, 1.82) is 0 Å². The van der Waals surface area contributed by atoms with E-state index >= 15 is 0 Å². The number of hydrogen-bond donors (Lipinski definition) is 2. The zero-order valence-electron chi connectivity index (χ0n) is 23.0. The molecule has 0 aliphatic carbocycles. The standard InChI is InChI=1S/C29H34F4N6O/c1-18(29(31,32)33)26-21-9-6-10-24(37-25-11-13-38(5)17-23(25)30)22(21)14-20(36-26)8-7-12-34-27(40)19-15-35-39(16-19)28(2,3)4/h6-10,14-16,23,25,37H,1,11-13,17H2,2-5H3,(H,34,40)/b8-7+/t23-,25+/m0/s1. The smallest absolute Gasteiger partial charge is 0.379 e. The molecule has 1 aliphatic rings. The molecule has 1 aliphatic heterocycles. The van der Waals surface area contributed by atoms with Crippen LogP contribution in [0.4, 0.5) is 23.2 Å². The molecule has 0 unspecified atom stereocenters. The van der Waals surface area contributed by atoms with Gasteiger partial charge in [0.05, 0.1) is 40.3 Å². The molecule has 2 N–H and O–H groups in total. The summed E-state index contributed by atoms with van der Waals surface area (Å²) in [6, 6.07) is 6.07. The van der Waals surface area contributed by atoms with Crippen molar-refractivity contribution in [1.82, 2.24) is 25.0 Å². The van der Waals surface area contributed by atoms with E-state index in [9.17, 15) is 22.4 Å². The minimum absolute atomic E-state index is 0.119. The number of carbonyl (C=O) groups excluding carboxylic acids is 1. The average Bonchev–Trinajstić information content (AvgIpc) is 3.38. The summed E-state index contributed by atoms with van der Waals surface area (Å²) < 4.78 is 57.6. The van der Waals surface area contributed by atoms with Gasteiger partial charge in [0.25, 0.3) is 5.91 Å². The molecule has 7 nitrogen and oxygen atoms in total. The van der Waals surface area contributed by atoms with E-state index in [-0.39, 0.29) is 41.3 Å². The van der Waals surface area contributed by atoms with Gasteiger partial charge in [-0.15, -0.1) is 0 Å². The van der Waals surface area contributed by atoms with Crippen LogP contribution in [0.1, 0.15) is 48.9 Å².